The summed E-state index contributed by atoms with van der Waals surface area (Å²) in [6, 6.07) is 5.82. The number of pyridine rings is 1. The molecule has 3 rings (SSSR count). The van der Waals surface area contributed by atoms with E-state index in [9.17, 15) is 42.2 Å². The van der Waals surface area contributed by atoms with Crippen LogP contribution in [0, 0.1) is 5.82 Å². The Kier molecular flexibility index (Phi) is 5.51. The first-order chi connectivity index (χ1) is 14.5. The lowest BCUT2D eigenvalue weighted by Gasteiger charge is -2.36. The average Bonchev–Trinajstić information content (AvgIpc) is 2.68. The van der Waals surface area contributed by atoms with Crippen LogP contribution >= 0.6 is 0 Å². The molecule has 0 spiro atoms. The highest BCUT2D eigenvalue weighted by atomic mass is 19.4. The molecule has 31 heavy (non-hydrogen) atoms. The predicted molar refractivity (Wildman–Crippen MR) is 96.1 cm³/mol. The van der Waals surface area contributed by atoms with Gasteiger partial charge in [0.05, 0.1) is 18.4 Å². The maximum absolute atomic E-state index is 13.0. The molecule has 3 N–H and O–H groups in total. The van der Waals surface area contributed by atoms with Gasteiger partial charge in [-0.2, -0.15) is 13.2 Å². The van der Waals surface area contributed by atoms with E-state index in [1.165, 1.54) is 12.1 Å². The summed E-state index contributed by atoms with van der Waals surface area (Å²) >= 11 is 0. The van der Waals surface area contributed by atoms with Gasteiger partial charge in [-0.3, -0.25) is 14.6 Å². The molecular weight excluding hydrogens is 428 g/mol. The number of hydrogen-bond acceptors (Lipinski definition) is 6. The van der Waals surface area contributed by atoms with Crippen LogP contribution in [0.15, 0.2) is 53.9 Å². The first-order valence-electron chi connectivity index (χ1n) is 8.36. The van der Waals surface area contributed by atoms with E-state index < -0.39 is 53.5 Å². The number of carboxylic acid groups (broad SMARTS) is 1. The van der Waals surface area contributed by atoms with Crippen molar-refractivity contribution in [3.8, 4) is 0 Å². The van der Waals surface area contributed by atoms with E-state index in [1.807, 2.05) is 0 Å². The molecule has 1 aromatic heterocycles. The molecule has 0 bridgehead atoms. The number of nitrogens with zero attached hydrogens (tertiary/aromatic N) is 3. The Hall–Kier alpha value is -4.16. The quantitative estimate of drug-likeness (QED) is 0.495. The monoisotopic (exact) mass is 440 g/mol. The molecule has 162 valence electrons. The van der Waals surface area contributed by atoms with Gasteiger partial charge in [0.25, 0.3) is 11.8 Å². The van der Waals surface area contributed by atoms with E-state index >= 15 is 0 Å². The summed E-state index contributed by atoms with van der Waals surface area (Å²) < 4.78 is 51.0. The summed E-state index contributed by atoms with van der Waals surface area (Å²) in [5.74, 6) is -4.03. The summed E-state index contributed by atoms with van der Waals surface area (Å²) in [7, 11) is 0. The third-order valence-electron chi connectivity index (χ3n) is 4.08. The number of nitrogens with one attached hydrogen (secondary N) is 1. The second-order valence-electron chi connectivity index (χ2n) is 6.14. The Morgan fingerprint density at radius 2 is 1.74 bits per heavy atom. The van der Waals surface area contributed by atoms with Crippen LogP contribution in [0.3, 0.4) is 0 Å². The second kappa shape index (κ2) is 7.93. The number of hydrogen-bond donors (Lipinski definition) is 3. The number of carbonyl (C=O) groups is 3. The fourth-order valence-corrected chi connectivity index (χ4v) is 2.69. The highest BCUT2D eigenvalue weighted by Gasteiger charge is 2.41. The van der Waals surface area contributed by atoms with Crippen molar-refractivity contribution in [3.63, 3.8) is 0 Å². The molecule has 1 aliphatic heterocycles. The summed E-state index contributed by atoms with van der Waals surface area (Å²) in [6.45, 7) is -0.725. The van der Waals surface area contributed by atoms with Crippen LogP contribution < -0.4 is 10.3 Å². The fourth-order valence-electron chi connectivity index (χ4n) is 2.69. The normalized spacial score (nSPS) is 14.6. The molecule has 0 aliphatic carbocycles. The van der Waals surface area contributed by atoms with Crippen LogP contribution in [-0.2, 0) is 15.8 Å². The Balaban J connectivity index is 1.92. The molecule has 2 aromatic rings. The molecule has 0 atom stereocenters. The van der Waals surface area contributed by atoms with Crippen LogP contribution in [0.4, 0.5) is 33.7 Å². The SMILES string of the molecule is O=C(Nc1ccc(F)cc1)C1=C(O)CN(c2ccc(C(F)(F)F)nc2)N(C(=O)O)C1=O. The molecule has 3 amide bonds. The Morgan fingerprint density at radius 3 is 2.26 bits per heavy atom. The van der Waals surface area contributed by atoms with Crippen molar-refractivity contribution in [2.24, 2.45) is 0 Å². The van der Waals surface area contributed by atoms with Crippen LogP contribution in [0.25, 0.3) is 0 Å². The number of aliphatic hydroxyl groups excluding tert-OH is 1. The lowest BCUT2D eigenvalue weighted by Crippen LogP contribution is -2.56. The highest BCUT2D eigenvalue weighted by molar-refractivity contribution is 6.26. The summed E-state index contributed by atoms with van der Waals surface area (Å²) in [5.41, 5.74) is -2.34. The van der Waals surface area contributed by atoms with Crippen molar-refractivity contribution in [2.75, 3.05) is 16.9 Å². The zero-order valence-electron chi connectivity index (χ0n) is 15.2. The Morgan fingerprint density at radius 1 is 1.10 bits per heavy atom. The van der Waals surface area contributed by atoms with Crippen molar-refractivity contribution >= 4 is 29.3 Å². The number of aliphatic hydroxyl groups is 1. The van der Waals surface area contributed by atoms with Crippen molar-refractivity contribution < 1.29 is 42.2 Å². The molecule has 0 unspecified atom stereocenters. The smallest absolute Gasteiger partial charge is 0.434 e. The van der Waals surface area contributed by atoms with Crippen LogP contribution in [0.5, 0.6) is 0 Å². The largest absolute Gasteiger partial charge is 0.509 e. The van der Waals surface area contributed by atoms with Gasteiger partial charge in [0.2, 0.25) is 0 Å². The minimum absolute atomic E-state index is 0.0591. The van der Waals surface area contributed by atoms with E-state index in [-0.39, 0.29) is 16.4 Å². The number of benzene rings is 1. The minimum atomic E-state index is -4.74. The third-order valence-corrected chi connectivity index (χ3v) is 4.08. The Bertz CT molecular complexity index is 1070. The van der Waals surface area contributed by atoms with Gasteiger partial charge in [0.15, 0.2) is 0 Å². The van der Waals surface area contributed by atoms with Gasteiger partial charge in [0.1, 0.15) is 22.8 Å². The van der Waals surface area contributed by atoms with Crippen molar-refractivity contribution in [1.82, 2.24) is 9.99 Å². The first-order valence-corrected chi connectivity index (χ1v) is 8.36. The maximum atomic E-state index is 13.0. The molecule has 0 saturated carbocycles. The van der Waals surface area contributed by atoms with E-state index in [1.54, 1.807) is 0 Å². The molecule has 1 aromatic carbocycles. The number of aromatic nitrogens is 1. The van der Waals surface area contributed by atoms with Gasteiger partial charge < -0.3 is 15.5 Å². The number of amides is 3. The lowest BCUT2D eigenvalue weighted by molar-refractivity contribution is -0.141. The van der Waals surface area contributed by atoms with E-state index in [4.69, 9.17) is 0 Å². The average molecular weight is 440 g/mol. The molecular formula is C18H12F4N4O5. The van der Waals surface area contributed by atoms with E-state index in [0.29, 0.717) is 17.3 Å². The number of rotatable bonds is 3. The zero-order valence-corrected chi connectivity index (χ0v) is 15.2. The number of imide groups is 1. The third kappa shape index (κ3) is 4.39. The van der Waals surface area contributed by atoms with Crippen molar-refractivity contribution in [1.29, 1.82) is 0 Å². The van der Waals surface area contributed by atoms with Gasteiger partial charge in [-0.15, -0.1) is 5.01 Å². The second-order valence-corrected chi connectivity index (χ2v) is 6.14. The molecule has 13 heteroatoms. The number of halogens is 4. The van der Waals surface area contributed by atoms with E-state index in [0.717, 1.165) is 18.2 Å². The molecule has 0 saturated heterocycles. The minimum Gasteiger partial charge on any atom is -0.509 e. The molecule has 2 heterocycles. The molecule has 1 aliphatic rings. The van der Waals surface area contributed by atoms with E-state index in [2.05, 4.69) is 10.3 Å². The molecule has 9 nitrogen and oxygen atoms in total. The predicted octanol–water partition coefficient (Wildman–Crippen LogP) is 2.93. The number of anilines is 2. The highest BCUT2D eigenvalue weighted by Crippen LogP contribution is 2.30. The van der Waals surface area contributed by atoms with Gasteiger partial charge in [-0.1, -0.05) is 0 Å². The van der Waals surface area contributed by atoms with Crippen LogP contribution in [-0.4, -0.2) is 44.7 Å². The summed E-state index contributed by atoms with van der Waals surface area (Å²) in [5, 5.41) is 22.6. The van der Waals surface area contributed by atoms with Gasteiger partial charge in [-0.25, -0.2) is 14.2 Å². The fraction of sp³-hybridized carbons (Fsp3) is 0.111. The van der Waals surface area contributed by atoms with Gasteiger partial charge in [-0.05, 0) is 36.4 Å². The Labute approximate surface area is 170 Å². The summed E-state index contributed by atoms with van der Waals surface area (Å²) in [4.78, 5) is 39.9. The van der Waals surface area contributed by atoms with Gasteiger partial charge >= 0.3 is 12.3 Å². The number of alkyl halides is 3. The topological polar surface area (TPSA) is 123 Å². The van der Waals surface area contributed by atoms with Crippen LogP contribution in [0.2, 0.25) is 0 Å². The standard InChI is InChI=1S/C18H12F4N4O5/c19-9-1-3-10(4-2-9)24-15(28)14-12(27)8-25(26(16(14)29)17(30)31)11-5-6-13(23-7-11)18(20,21)22/h1-7,27H,8H2,(H,24,28)(H,30,31). The number of carbonyl (C=O) groups excluding carboxylic acids is 2. The lowest BCUT2D eigenvalue weighted by atomic mass is 10.1. The molecule has 0 fully saturated rings. The van der Waals surface area contributed by atoms with Crippen molar-refractivity contribution in [3.05, 3.63) is 65.4 Å². The molecule has 0 radical (unpaired) electrons. The first kappa shape index (κ1) is 21.5. The zero-order chi connectivity index (χ0) is 22.9. The maximum Gasteiger partial charge on any atom is 0.434 e. The number of hydrazine groups is 1. The summed E-state index contributed by atoms with van der Waals surface area (Å²) in [6.07, 6.45) is -5.93. The van der Waals surface area contributed by atoms with Gasteiger partial charge in [0, 0.05) is 5.69 Å². The van der Waals surface area contributed by atoms with Crippen molar-refractivity contribution in [2.45, 2.75) is 6.18 Å². The van der Waals surface area contributed by atoms with Crippen LogP contribution in [0.1, 0.15) is 5.69 Å².